The summed E-state index contributed by atoms with van der Waals surface area (Å²) in [7, 11) is 0. The number of aliphatic carboxylic acids is 1. The summed E-state index contributed by atoms with van der Waals surface area (Å²) in [5.41, 5.74) is -0.610. The van der Waals surface area contributed by atoms with Gasteiger partial charge < -0.3 is 5.11 Å². The van der Waals surface area contributed by atoms with E-state index in [4.69, 9.17) is 16.7 Å². The van der Waals surface area contributed by atoms with E-state index in [1.807, 2.05) is 0 Å². The van der Waals surface area contributed by atoms with Gasteiger partial charge in [-0.1, -0.05) is 0 Å². The highest BCUT2D eigenvalue weighted by atomic mass is 35.5. The molecule has 3 heteroatoms. The van der Waals surface area contributed by atoms with Crippen LogP contribution in [0.3, 0.4) is 0 Å². The Kier molecular flexibility index (Phi) is 1.01. The fourth-order valence-electron chi connectivity index (χ4n) is 0.535. The summed E-state index contributed by atoms with van der Waals surface area (Å²) in [6.45, 7) is 1.66. The second kappa shape index (κ2) is 1.38. The van der Waals surface area contributed by atoms with E-state index in [2.05, 4.69) is 0 Å². The van der Waals surface area contributed by atoms with Crippen molar-refractivity contribution < 1.29 is 9.90 Å². The second-order valence-electron chi connectivity index (χ2n) is 2.39. The van der Waals surface area contributed by atoms with Crippen molar-refractivity contribution in [2.75, 3.05) is 0 Å². The molecule has 1 aliphatic carbocycles. The lowest BCUT2D eigenvalue weighted by molar-refractivity contribution is -0.142. The van der Waals surface area contributed by atoms with Gasteiger partial charge in [-0.15, -0.1) is 11.6 Å². The molecule has 0 aliphatic heterocycles. The van der Waals surface area contributed by atoms with Crippen LogP contribution in [-0.4, -0.2) is 16.5 Å². The number of rotatable bonds is 1. The van der Waals surface area contributed by atoms with Gasteiger partial charge in [-0.3, -0.25) is 4.79 Å². The average Bonchev–Trinajstić information content (AvgIpc) is 2.17. The first-order valence-electron chi connectivity index (χ1n) is 2.45. The molecule has 0 aromatic heterocycles. The third kappa shape index (κ3) is 0.599. The highest BCUT2D eigenvalue weighted by Crippen LogP contribution is 2.49. The van der Waals surface area contributed by atoms with Gasteiger partial charge in [0, 0.05) is 0 Å². The minimum Gasteiger partial charge on any atom is -0.481 e. The molecular weight excluding hydrogens is 128 g/mol. The van der Waals surface area contributed by atoms with Gasteiger partial charge in [0.1, 0.15) is 0 Å². The summed E-state index contributed by atoms with van der Waals surface area (Å²) in [6.07, 6.45) is 0.615. The molecule has 46 valence electrons. The molecule has 2 atom stereocenters. The molecule has 0 saturated heterocycles. The van der Waals surface area contributed by atoms with Crippen molar-refractivity contribution in [3.8, 4) is 0 Å². The zero-order valence-corrected chi connectivity index (χ0v) is 5.27. The molecule has 1 N–H and O–H groups in total. The van der Waals surface area contributed by atoms with E-state index in [0.29, 0.717) is 6.42 Å². The van der Waals surface area contributed by atoms with Crippen LogP contribution in [0.1, 0.15) is 13.3 Å². The second-order valence-corrected chi connectivity index (χ2v) is 2.92. The molecule has 0 heterocycles. The van der Waals surface area contributed by atoms with Gasteiger partial charge in [-0.25, -0.2) is 0 Å². The number of hydrogen-bond donors (Lipinski definition) is 1. The third-order valence-electron chi connectivity index (χ3n) is 1.62. The number of hydrogen-bond acceptors (Lipinski definition) is 1. The van der Waals surface area contributed by atoms with Crippen LogP contribution in [0.25, 0.3) is 0 Å². The van der Waals surface area contributed by atoms with Crippen LogP contribution in [-0.2, 0) is 4.79 Å². The maximum atomic E-state index is 10.2. The molecule has 0 aromatic carbocycles. The van der Waals surface area contributed by atoms with E-state index < -0.39 is 11.4 Å². The molecular formula is C5H7ClO2. The van der Waals surface area contributed by atoms with E-state index in [0.717, 1.165) is 0 Å². The molecule has 0 radical (unpaired) electrons. The first-order chi connectivity index (χ1) is 3.57. The number of carboxylic acid groups (broad SMARTS) is 1. The fourth-order valence-corrected chi connectivity index (χ4v) is 0.949. The maximum Gasteiger partial charge on any atom is 0.310 e. The van der Waals surface area contributed by atoms with Crippen molar-refractivity contribution in [1.82, 2.24) is 0 Å². The lowest BCUT2D eigenvalue weighted by Gasteiger charge is -1.96. The molecule has 8 heavy (non-hydrogen) atoms. The quantitative estimate of drug-likeness (QED) is 0.545. The summed E-state index contributed by atoms with van der Waals surface area (Å²) in [4.78, 5) is 10.2. The Labute approximate surface area is 52.5 Å². The van der Waals surface area contributed by atoms with E-state index in [-0.39, 0.29) is 5.38 Å². The van der Waals surface area contributed by atoms with Gasteiger partial charge in [0.15, 0.2) is 0 Å². The van der Waals surface area contributed by atoms with Gasteiger partial charge in [0.2, 0.25) is 0 Å². The predicted molar refractivity (Wildman–Crippen MR) is 30.0 cm³/mol. The number of carbonyl (C=O) groups is 1. The first-order valence-corrected chi connectivity index (χ1v) is 2.88. The van der Waals surface area contributed by atoms with Crippen molar-refractivity contribution >= 4 is 17.6 Å². The van der Waals surface area contributed by atoms with Gasteiger partial charge in [0.25, 0.3) is 0 Å². The number of halogens is 1. The lowest BCUT2D eigenvalue weighted by Crippen LogP contribution is -2.12. The topological polar surface area (TPSA) is 37.3 Å². The molecule has 1 rings (SSSR count). The van der Waals surface area contributed by atoms with Gasteiger partial charge in [-0.05, 0) is 13.3 Å². The third-order valence-corrected chi connectivity index (χ3v) is 2.26. The van der Waals surface area contributed by atoms with Gasteiger partial charge >= 0.3 is 5.97 Å². The average molecular weight is 135 g/mol. The van der Waals surface area contributed by atoms with Crippen LogP contribution in [0.15, 0.2) is 0 Å². The Balaban J connectivity index is 2.60. The zero-order chi connectivity index (χ0) is 6.36. The van der Waals surface area contributed by atoms with Crippen molar-refractivity contribution in [3.63, 3.8) is 0 Å². The molecule has 0 bridgehead atoms. The summed E-state index contributed by atoms with van der Waals surface area (Å²) in [5, 5.41) is 8.26. The van der Waals surface area contributed by atoms with Crippen LogP contribution in [0.2, 0.25) is 0 Å². The maximum absolute atomic E-state index is 10.2. The standard InChI is InChI=1S/C5H7ClO2/c1-5(4(7)8)2-3(5)6/h3H,2H2,1H3,(H,7,8). The van der Waals surface area contributed by atoms with Gasteiger partial charge in [0.05, 0.1) is 10.8 Å². The molecule has 2 nitrogen and oxygen atoms in total. The van der Waals surface area contributed by atoms with Crippen LogP contribution in [0.4, 0.5) is 0 Å². The van der Waals surface area contributed by atoms with E-state index in [9.17, 15) is 4.79 Å². The van der Waals surface area contributed by atoms with Crippen molar-refractivity contribution in [3.05, 3.63) is 0 Å². The van der Waals surface area contributed by atoms with Gasteiger partial charge in [-0.2, -0.15) is 0 Å². The van der Waals surface area contributed by atoms with Crippen molar-refractivity contribution in [2.24, 2.45) is 5.41 Å². The summed E-state index contributed by atoms with van der Waals surface area (Å²) < 4.78 is 0. The predicted octanol–water partition coefficient (Wildman–Crippen LogP) is 1.09. The molecule has 0 spiro atoms. The Morgan fingerprint density at radius 2 is 2.38 bits per heavy atom. The SMILES string of the molecule is CC1(C(=O)O)CC1Cl. The Morgan fingerprint density at radius 1 is 2.00 bits per heavy atom. The van der Waals surface area contributed by atoms with Crippen LogP contribution >= 0.6 is 11.6 Å². The molecule has 2 unspecified atom stereocenters. The molecule has 1 fully saturated rings. The van der Waals surface area contributed by atoms with E-state index >= 15 is 0 Å². The summed E-state index contributed by atoms with van der Waals surface area (Å²) in [5.74, 6) is -0.780. The minimum atomic E-state index is -0.780. The highest BCUT2D eigenvalue weighted by molar-refractivity contribution is 6.25. The number of alkyl halides is 1. The smallest absolute Gasteiger partial charge is 0.310 e. The summed E-state index contributed by atoms with van der Waals surface area (Å²) in [6, 6.07) is 0. The summed E-state index contributed by atoms with van der Waals surface area (Å²) >= 11 is 5.51. The minimum absolute atomic E-state index is 0.139. The normalized spacial score (nSPS) is 44.0. The Hall–Kier alpha value is -0.240. The van der Waals surface area contributed by atoms with Crippen LogP contribution in [0.5, 0.6) is 0 Å². The number of carboxylic acids is 1. The molecule has 0 amide bonds. The monoisotopic (exact) mass is 134 g/mol. The van der Waals surface area contributed by atoms with E-state index in [1.165, 1.54) is 0 Å². The fraction of sp³-hybridized carbons (Fsp3) is 0.800. The molecule has 1 aliphatic rings. The zero-order valence-electron chi connectivity index (χ0n) is 4.52. The lowest BCUT2D eigenvalue weighted by atomic mass is 10.1. The van der Waals surface area contributed by atoms with Crippen LogP contribution < -0.4 is 0 Å². The van der Waals surface area contributed by atoms with Crippen LogP contribution in [0, 0.1) is 5.41 Å². The van der Waals surface area contributed by atoms with Crippen molar-refractivity contribution in [1.29, 1.82) is 0 Å². The molecule has 0 aromatic rings. The highest BCUT2D eigenvalue weighted by Gasteiger charge is 2.55. The molecule has 1 saturated carbocycles. The first kappa shape index (κ1) is 5.89. The Morgan fingerprint density at radius 3 is 2.38 bits per heavy atom. The van der Waals surface area contributed by atoms with Crippen molar-refractivity contribution in [2.45, 2.75) is 18.7 Å². The van der Waals surface area contributed by atoms with E-state index in [1.54, 1.807) is 6.92 Å². The largest absolute Gasteiger partial charge is 0.481 e. The Bertz CT molecular complexity index is 134.